The smallest absolute Gasteiger partial charge is 0.224 e. The third-order valence-corrected chi connectivity index (χ3v) is 3.77. The predicted molar refractivity (Wildman–Crippen MR) is 93.0 cm³/mol. The van der Waals surface area contributed by atoms with Gasteiger partial charge in [0, 0.05) is 13.1 Å². The largest absolute Gasteiger partial charge is 0.491 e. The Kier molecular flexibility index (Phi) is 8.37. The van der Waals surface area contributed by atoms with Gasteiger partial charge in [-0.15, -0.1) is 12.4 Å². The van der Waals surface area contributed by atoms with Crippen molar-refractivity contribution >= 4 is 18.3 Å². The first kappa shape index (κ1) is 19.7. The molecule has 3 N–H and O–H groups in total. The normalized spacial score (nSPS) is 18.9. The van der Waals surface area contributed by atoms with Crippen molar-refractivity contribution in [2.75, 3.05) is 19.6 Å². The van der Waals surface area contributed by atoms with Crippen LogP contribution in [0, 0.1) is 5.92 Å². The maximum atomic E-state index is 12.0. The monoisotopic (exact) mass is 342 g/mol. The van der Waals surface area contributed by atoms with Crippen LogP contribution in [0.3, 0.4) is 0 Å². The Balaban J connectivity index is 0.00000264. The van der Waals surface area contributed by atoms with Gasteiger partial charge in [0.2, 0.25) is 5.91 Å². The summed E-state index contributed by atoms with van der Waals surface area (Å²) in [5.74, 6) is 0.817. The summed E-state index contributed by atoms with van der Waals surface area (Å²) in [6, 6.07) is 7.34. The number of benzene rings is 1. The number of nitrogens with one attached hydrogen (secondary N) is 2. The minimum absolute atomic E-state index is 0. The van der Waals surface area contributed by atoms with Crippen LogP contribution in [0.4, 0.5) is 0 Å². The Hall–Kier alpha value is -1.30. The molecule has 5 nitrogen and oxygen atoms in total. The zero-order valence-electron chi connectivity index (χ0n) is 13.7. The van der Waals surface area contributed by atoms with Crippen LogP contribution < -0.4 is 15.4 Å². The molecule has 1 fully saturated rings. The van der Waals surface area contributed by atoms with E-state index >= 15 is 0 Å². The summed E-state index contributed by atoms with van der Waals surface area (Å²) in [6.07, 6.45) is 1.36. The molecule has 1 aromatic rings. The highest BCUT2D eigenvalue weighted by Gasteiger charge is 2.21. The number of aliphatic hydroxyl groups is 1. The fourth-order valence-corrected chi connectivity index (χ4v) is 2.58. The maximum Gasteiger partial charge on any atom is 0.224 e. The van der Waals surface area contributed by atoms with Gasteiger partial charge in [0.25, 0.3) is 0 Å². The molecule has 130 valence electrons. The number of ether oxygens (including phenoxy) is 1. The number of amides is 1. The molecule has 2 unspecified atom stereocenters. The summed E-state index contributed by atoms with van der Waals surface area (Å²) in [6.45, 7) is 5.89. The molecule has 1 amide bonds. The Morgan fingerprint density at radius 1 is 1.39 bits per heavy atom. The fourth-order valence-electron chi connectivity index (χ4n) is 2.58. The lowest BCUT2D eigenvalue weighted by Gasteiger charge is -2.22. The molecular weight excluding hydrogens is 316 g/mol. The van der Waals surface area contributed by atoms with E-state index < -0.39 is 6.10 Å². The Labute approximate surface area is 144 Å². The van der Waals surface area contributed by atoms with Crippen molar-refractivity contribution in [2.45, 2.75) is 38.9 Å². The maximum absolute atomic E-state index is 12.0. The van der Waals surface area contributed by atoms with Crippen LogP contribution in [0.5, 0.6) is 5.75 Å². The van der Waals surface area contributed by atoms with E-state index in [1.54, 1.807) is 0 Å². The SMILES string of the molecule is CC(C)Oc1ccc(C(O)CNC(=O)C2CCCNC2)cc1.Cl. The lowest BCUT2D eigenvalue weighted by Crippen LogP contribution is -2.41. The van der Waals surface area contributed by atoms with E-state index in [-0.39, 0.29) is 36.9 Å². The van der Waals surface area contributed by atoms with Crippen LogP contribution in [-0.2, 0) is 4.79 Å². The first-order valence-corrected chi connectivity index (χ1v) is 7.99. The predicted octanol–water partition coefficient (Wildman–Crippen LogP) is 2.04. The molecule has 6 heteroatoms. The molecule has 0 bridgehead atoms. The second-order valence-electron chi connectivity index (χ2n) is 6.04. The van der Waals surface area contributed by atoms with E-state index in [1.165, 1.54) is 0 Å². The summed E-state index contributed by atoms with van der Waals surface area (Å²) in [5, 5.41) is 16.2. The van der Waals surface area contributed by atoms with E-state index in [1.807, 2.05) is 38.1 Å². The molecule has 0 radical (unpaired) electrons. The molecule has 0 aromatic heterocycles. The van der Waals surface area contributed by atoms with Gasteiger partial charge in [-0.1, -0.05) is 12.1 Å². The molecule has 0 saturated carbocycles. The molecule has 0 aliphatic carbocycles. The second kappa shape index (κ2) is 9.75. The van der Waals surface area contributed by atoms with Gasteiger partial charge in [-0.25, -0.2) is 0 Å². The lowest BCUT2D eigenvalue weighted by molar-refractivity contribution is -0.125. The molecule has 0 spiro atoms. The number of aliphatic hydroxyl groups excluding tert-OH is 1. The van der Waals surface area contributed by atoms with Crippen LogP contribution in [0.15, 0.2) is 24.3 Å². The number of carbonyl (C=O) groups excluding carboxylic acids is 1. The number of carbonyl (C=O) groups is 1. The van der Waals surface area contributed by atoms with E-state index in [0.717, 1.165) is 37.2 Å². The number of piperidine rings is 1. The molecule has 1 aromatic carbocycles. The van der Waals surface area contributed by atoms with Crippen molar-refractivity contribution in [3.05, 3.63) is 29.8 Å². The molecule has 1 aliphatic rings. The van der Waals surface area contributed by atoms with Crippen LogP contribution >= 0.6 is 12.4 Å². The van der Waals surface area contributed by atoms with Gasteiger partial charge in [0.15, 0.2) is 0 Å². The average Bonchev–Trinajstić information content (AvgIpc) is 2.53. The first-order chi connectivity index (χ1) is 10.6. The number of hydrogen-bond acceptors (Lipinski definition) is 4. The first-order valence-electron chi connectivity index (χ1n) is 7.99. The van der Waals surface area contributed by atoms with Gasteiger partial charge in [-0.2, -0.15) is 0 Å². The second-order valence-corrected chi connectivity index (χ2v) is 6.04. The molecular formula is C17H27ClN2O3. The van der Waals surface area contributed by atoms with E-state index in [4.69, 9.17) is 4.74 Å². The van der Waals surface area contributed by atoms with Crippen molar-refractivity contribution in [1.82, 2.24) is 10.6 Å². The van der Waals surface area contributed by atoms with Crippen molar-refractivity contribution in [1.29, 1.82) is 0 Å². The van der Waals surface area contributed by atoms with Crippen molar-refractivity contribution in [3.63, 3.8) is 0 Å². The third kappa shape index (κ3) is 6.37. The molecule has 23 heavy (non-hydrogen) atoms. The molecule has 1 saturated heterocycles. The van der Waals surface area contributed by atoms with Crippen LogP contribution in [0.25, 0.3) is 0 Å². The topological polar surface area (TPSA) is 70.6 Å². The van der Waals surface area contributed by atoms with Crippen molar-refractivity contribution < 1.29 is 14.6 Å². The molecule has 2 atom stereocenters. The van der Waals surface area contributed by atoms with Crippen LogP contribution in [-0.4, -0.2) is 36.8 Å². The molecule has 2 rings (SSSR count). The van der Waals surface area contributed by atoms with Gasteiger partial charge < -0.3 is 20.5 Å². The Morgan fingerprint density at radius 3 is 2.65 bits per heavy atom. The minimum atomic E-state index is -0.700. The van der Waals surface area contributed by atoms with Crippen LogP contribution in [0.2, 0.25) is 0 Å². The minimum Gasteiger partial charge on any atom is -0.491 e. The van der Waals surface area contributed by atoms with Crippen LogP contribution in [0.1, 0.15) is 38.4 Å². The highest BCUT2D eigenvalue weighted by Crippen LogP contribution is 2.18. The Morgan fingerprint density at radius 2 is 2.09 bits per heavy atom. The highest BCUT2D eigenvalue weighted by atomic mass is 35.5. The van der Waals surface area contributed by atoms with E-state index in [9.17, 15) is 9.90 Å². The van der Waals surface area contributed by atoms with E-state index in [2.05, 4.69) is 10.6 Å². The average molecular weight is 343 g/mol. The quantitative estimate of drug-likeness (QED) is 0.740. The Bertz CT molecular complexity index is 473. The highest BCUT2D eigenvalue weighted by molar-refractivity contribution is 5.85. The molecule has 1 heterocycles. The van der Waals surface area contributed by atoms with Gasteiger partial charge in [0.1, 0.15) is 5.75 Å². The molecule has 1 aliphatic heterocycles. The van der Waals surface area contributed by atoms with Gasteiger partial charge in [-0.3, -0.25) is 4.79 Å². The van der Waals surface area contributed by atoms with Gasteiger partial charge in [0.05, 0.1) is 18.1 Å². The standard InChI is InChI=1S/C17H26N2O3.ClH/c1-12(2)22-15-7-5-13(6-8-15)16(20)11-19-17(21)14-4-3-9-18-10-14;/h5-8,12,14,16,18,20H,3-4,9-11H2,1-2H3,(H,19,21);1H. The lowest BCUT2D eigenvalue weighted by atomic mass is 9.98. The third-order valence-electron chi connectivity index (χ3n) is 3.77. The summed E-state index contributed by atoms with van der Waals surface area (Å²) < 4.78 is 5.57. The summed E-state index contributed by atoms with van der Waals surface area (Å²) >= 11 is 0. The van der Waals surface area contributed by atoms with Gasteiger partial charge in [-0.05, 0) is 50.9 Å². The van der Waals surface area contributed by atoms with Crippen molar-refractivity contribution in [2.24, 2.45) is 5.92 Å². The number of halogens is 1. The summed E-state index contributed by atoms with van der Waals surface area (Å²) in [7, 11) is 0. The zero-order valence-corrected chi connectivity index (χ0v) is 14.6. The fraction of sp³-hybridized carbons (Fsp3) is 0.588. The summed E-state index contributed by atoms with van der Waals surface area (Å²) in [4.78, 5) is 12.0. The number of hydrogen-bond donors (Lipinski definition) is 3. The number of rotatable bonds is 6. The van der Waals surface area contributed by atoms with E-state index in [0.29, 0.717) is 0 Å². The van der Waals surface area contributed by atoms with Crippen molar-refractivity contribution in [3.8, 4) is 5.75 Å². The zero-order chi connectivity index (χ0) is 15.9. The van der Waals surface area contributed by atoms with Gasteiger partial charge >= 0.3 is 0 Å². The summed E-state index contributed by atoms with van der Waals surface area (Å²) in [5.41, 5.74) is 0.776.